The third-order valence-corrected chi connectivity index (χ3v) is 3.52. The van der Waals surface area contributed by atoms with Crippen molar-refractivity contribution in [2.75, 3.05) is 13.1 Å². The molecule has 0 bridgehead atoms. The van der Waals surface area contributed by atoms with Gasteiger partial charge in [-0.2, -0.15) is 0 Å². The van der Waals surface area contributed by atoms with Crippen molar-refractivity contribution in [2.24, 2.45) is 0 Å². The van der Waals surface area contributed by atoms with E-state index in [4.69, 9.17) is 0 Å². The van der Waals surface area contributed by atoms with E-state index >= 15 is 0 Å². The van der Waals surface area contributed by atoms with E-state index in [0.29, 0.717) is 0 Å². The first-order valence-corrected chi connectivity index (χ1v) is 6.40. The van der Waals surface area contributed by atoms with Crippen LogP contribution in [0.1, 0.15) is 45.6 Å². The van der Waals surface area contributed by atoms with Crippen LogP contribution in [0.5, 0.6) is 0 Å². The number of nitrogens with zero attached hydrogens (tertiary/aromatic N) is 1. The number of nitrogens with one attached hydrogen (secondary N) is 1. The monoisotopic (exact) mass is 220 g/mol. The minimum Gasteiger partial charge on any atom is -0.316 e. The Morgan fingerprint density at radius 3 is 2.50 bits per heavy atom. The van der Waals surface area contributed by atoms with Crippen LogP contribution in [0, 0.1) is 0 Å². The molecule has 0 spiro atoms. The molecule has 1 rings (SSSR count). The zero-order valence-corrected chi connectivity index (χ0v) is 10.8. The summed E-state index contributed by atoms with van der Waals surface area (Å²) in [5.74, 6) is 0. The van der Waals surface area contributed by atoms with Crippen molar-refractivity contribution in [2.45, 2.75) is 45.4 Å². The van der Waals surface area contributed by atoms with Gasteiger partial charge in [0.2, 0.25) is 0 Å². The van der Waals surface area contributed by atoms with Crippen molar-refractivity contribution in [1.29, 1.82) is 0 Å². The van der Waals surface area contributed by atoms with Crippen LogP contribution in [0.3, 0.4) is 0 Å². The van der Waals surface area contributed by atoms with Gasteiger partial charge in [0.05, 0.1) is 0 Å². The average Bonchev–Trinajstić information content (AvgIpc) is 2.36. The fourth-order valence-electron chi connectivity index (χ4n) is 2.19. The first-order valence-electron chi connectivity index (χ1n) is 6.40. The van der Waals surface area contributed by atoms with Gasteiger partial charge in [-0.25, -0.2) is 0 Å². The highest BCUT2D eigenvalue weighted by Crippen LogP contribution is 2.30. The quantitative estimate of drug-likeness (QED) is 0.714. The zero-order valence-electron chi connectivity index (χ0n) is 10.8. The predicted octanol–water partition coefficient (Wildman–Crippen LogP) is 3.14. The molecule has 0 aliphatic heterocycles. The SMILES string of the molecule is CCCNCC(CC)(CC)c1cccnc1. The number of hydrogen-bond donors (Lipinski definition) is 1. The Morgan fingerprint density at radius 2 is 2.00 bits per heavy atom. The second kappa shape index (κ2) is 6.64. The Morgan fingerprint density at radius 1 is 1.25 bits per heavy atom. The van der Waals surface area contributed by atoms with Crippen LogP contribution in [-0.4, -0.2) is 18.1 Å². The lowest BCUT2D eigenvalue weighted by Gasteiger charge is -2.32. The van der Waals surface area contributed by atoms with Crippen molar-refractivity contribution in [3.05, 3.63) is 30.1 Å². The normalized spacial score (nSPS) is 11.7. The molecule has 0 unspecified atom stereocenters. The summed E-state index contributed by atoms with van der Waals surface area (Å²) in [4.78, 5) is 4.25. The van der Waals surface area contributed by atoms with E-state index in [1.165, 1.54) is 12.0 Å². The van der Waals surface area contributed by atoms with Gasteiger partial charge in [-0.3, -0.25) is 4.98 Å². The lowest BCUT2D eigenvalue weighted by Crippen LogP contribution is -2.37. The zero-order chi connectivity index (χ0) is 11.9. The van der Waals surface area contributed by atoms with Crippen molar-refractivity contribution in [1.82, 2.24) is 10.3 Å². The van der Waals surface area contributed by atoms with Gasteiger partial charge in [0.1, 0.15) is 0 Å². The highest BCUT2D eigenvalue weighted by molar-refractivity contribution is 5.22. The summed E-state index contributed by atoms with van der Waals surface area (Å²) in [6.45, 7) is 8.90. The van der Waals surface area contributed by atoms with E-state index < -0.39 is 0 Å². The number of rotatable bonds is 7. The summed E-state index contributed by atoms with van der Waals surface area (Å²) in [5, 5.41) is 3.55. The summed E-state index contributed by atoms with van der Waals surface area (Å²) < 4.78 is 0. The predicted molar refractivity (Wildman–Crippen MR) is 69.7 cm³/mol. The molecule has 1 heterocycles. The minimum atomic E-state index is 0.253. The molecule has 0 aliphatic carbocycles. The van der Waals surface area contributed by atoms with Gasteiger partial charge in [-0.05, 0) is 37.4 Å². The van der Waals surface area contributed by atoms with Crippen molar-refractivity contribution in [3.63, 3.8) is 0 Å². The van der Waals surface area contributed by atoms with Crippen LogP contribution in [0.4, 0.5) is 0 Å². The van der Waals surface area contributed by atoms with Gasteiger partial charge >= 0.3 is 0 Å². The van der Waals surface area contributed by atoms with Crippen LogP contribution in [-0.2, 0) is 5.41 Å². The summed E-state index contributed by atoms with van der Waals surface area (Å²) in [5.41, 5.74) is 1.62. The van der Waals surface area contributed by atoms with Crippen LogP contribution < -0.4 is 5.32 Å². The summed E-state index contributed by atoms with van der Waals surface area (Å²) in [7, 11) is 0. The first kappa shape index (κ1) is 13.2. The Labute approximate surface area is 99.5 Å². The molecule has 90 valence electrons. The minimum absolute atomic E-state index is 0.253. The molecule has 0 atom stereocenters. The Balaban J connectivity index is 2.79. The molecular formula is C14H24N2. The maximum Gasteiger partial charge on any atom is 0.0306 e. The molecule has 0 aliphatic rings. The lowest BCUT2D eigenvalue weighted by atomic mass is 9.76. The number of pyridine rings is 1. The fraction of sp³-hybridized carbons (Fsp3) is 0.643. The summed E-state index contributed by atoms with van der Waals surface area (Å²) in [6.07, 6.45) is 7.37. The Kier molecular flexibility index (Phi) is 5.47. The average molecular weight is 220 g/mol. The topological polar surface area (TPSA) is 24.9 Å². The van der Waals surface area contributed by atoms with Gasteiger partial charge in [0, 0.05) is 24.4 Å². The van der Waals surface area contributed by atoms with Crippen LogP contribution >= 0.6 is 0 Å². The number of hydrogen-bond acceptors (Lipinski definition) is 2. The van der Waals surface area contributed by atoms with Gasteiger partial charge in [0.25, 0.3) is 0 Å². The first-order chi connectivity index (χ1) is 7.79. The molecule has 1 N–H and O–H groups in total. The molecule has 0 aromatic carbocycles. The standard InChI is InChI=1S/C14H24N2/c1-4-9-16-12-14(5-2,6-3)13-8-7-10-15-11-13/h7-8,10-11,16H,4-6,9,12H2,1-3H3. The third kappa shape index (κ3) is 3.05. The van der Waals surface area contributed by atoms with E-state index in [1.807, 2.05) is 18.5 Å². The van der Waals surface area contributed by atoms with Crippen molar-refractivity contribution in [3.8, 4) is 0 Å². The third-order valence-electron chi connectivity index (χ3n) is 3.52. The highest BCUT2D eigenvalue weighted by Gasteiger charge is 2.27. The molecule has 0 radical (unpaired) electrons. The molecular weight excluding hydrogens is 196 g/mol. The Hall–Kier alpha value is -0.890. The molecule has 16 heavy (non-hydrogen) atoms. The van der Waals surface area contributed by atoms with Crippen LogP contribution in [0.15, 0.2) is 24.5 Å². The molecule has 0 saturated heterocycles. The smallest absolute Gasteiger partial charge is 0.0306 e. The maximum absolute atomic E-state index is 4.25. The summed E-state index contributed by atoms with van der Waals surface area (Å²) in [6, 6.07) is 4.24. The second-order valence-electron chi connectivity index (χ2n) is 4.41. The van der Waals surface area contributed by atoms with E-state index in [2.05, 4.69) is 37.1 Å². The van der Waals surface area contributed by atoms with E-state index in [9.17, 15) is 0 Å². The van der Waals surface area contributed by atoms with Gasteiger partial charge < -0.3 is 5.32 Å². The molecule has 1 aromatic rings. The summed E-state index contributed by atoms with van der Waals surface area (Å²) >= 11 is 0. The molecule has 2 nitrogen and oxygen atoms in total. The van der Waals surface area contributed by atoms with Gasteiger partial charge in [-0.1, -0.05) is 26.8 Å². The van der Waals surface area contributed by atoms with E-state index in [1.54, 1.807) is 0 Å². The van der Waals surface area contributed by atoms with E-state index in [-0.39, 0.29) is 5.41 Å². The van der Waals surface area contributed by atoms with Gasteiger partial charge in [0.15, 0.2) is 0 Å². The van der Waals surface area contributed by atoms with Crippen LogP contribution in [0.25, 0.3) is 0 Å². The lowest BCUT2D eigenvalue weighted by molar-refractivity contribution is 0.368. The van der Waals surface area contributed by atoms with Crippen molar-refractivity contribution >= 4 is 0 Å². The molecule has 0 saturated carbocycles. The van der Waals surface area contributed by atoms with E-state index in [0.717, 1.165) is 25.9 Å². The van der Waals surface area contributed by atoms with Gasteiger partial charge in [-0.15, -0.1) is 0 Å². The van der Waals surface area contributed by atoms with Crippen molar-refractivity contribution < 1.29 is 0 Å². The number of aromatic nitrogens is 1. The largest absolute Gasteiger partial charge is 0.316 e. The molecule has 1 aromatic heterocycles. The second-order valence-corrected chi connectivity index (χ2v) is 4.41. The fourth-order valence-corrected chi connectivity index (χ4v) is 2.19. The molecule has 0 amide bonds. The highest BCUT2D eigenvalue weighted by atomic mass is 14.9. The molecule has 0 fully saturated rings. The van der Waals surface area contributed by atoms with Crippen LogP contribution in [0.2, 0.25) is 0 Å². The molecule has 2 heteroatoms. The Bertz CT molecular complexity index is 278. The maximum atomic E-state index is 4.25.